The first kappa shape index (κ1) is 30.2. The molecule has 192 valence electrons. The lowest BCUT2D eigenvalue weighted by Crippen LogP contribution is -2.48. The van der Waals surface area contributed by atoms with E-state index in [0.29, 0.717) is 12.3 Å². The molecule has 1 aliphatic heterocycles. The topological polar surface area (TPSA) is 23.6 Å². The van der Waals surface area contributed by atoms with Crippen molar-refractivity contribution in [1.29, 1.82) is 0 Å². The van der Waals surface area contributed by atoms with Gasteiger partial charge in [-0.1, -0.05) is 58.2 Å². The Morgan fingerprint density at radius 1 is 0.706 bits per heavy atom. The van der Waals surface area contributed by atoms with Crippen molar-refractivity contribution in [3.8, 4) is 0 Å². The number of nitrogens with zero attached hydrogens (tertiary/aromatic N) is 2. The minimum atomic E-state index is 0.279. The lowest BCUT2D eigenvalue weighted by molar-refractivity contribution is -0.133. The summed E-state index contributed by atoms with van der Waals surface area (Å²) >= 11 is 0. The first-order valence-electron chi connectivity index (χ1n) is 13.3. The second-order valence-corrected chi connectivity index (χ2v) is 10.9. The summed E-state index contributed by atoms with van der Waals surface area (Å²) in [5, 5.41) is 0. The first-order chi connectivity index (χ1) is 16.1. The number of rotatable bonds is 13. The SMILES string of the molecule is CC(C)=CCC/C(C)=C/CC(/C=C(\C)CCC=C(C)C)CC(=O)N1CCN(CC=C(C)C)CC1. The van der Waals surface area contributed by atoms with Crippen molar-refractivity contribution in [2.24, 2.45) is 5.92 Å². The molecule has 1 heterocycles. The van der Waals surface area contributed by atoms with E-state index in [1.807, 2.05) is 0 Å². The Bertz CT molecular complexity index is 761. The molecule has 0 N–H and O–H groups in total. The lowest BCUT2D eigenvalue weighted by atomic mass is 9.94. The summed E-state index contributed by atoms with van der Waals surface area (Å²) in [7, 11) is 0. The van der Waals surface area contributed by atoms with Gasteiger partial charge in [-0.2, -0.15) is 0 Å². The number of amides is 1. The molecule has 1 rings (SSSR count). The molecule has 0 aromatic heterocycles. The number of hydrogen-bond acceptors (Lipinski definition) is 2. The van der Waals surface area contributed by atoms with E-state index in [1.54, 1.807) is 0 Å². The maximum Gasteiger partial charge on any atom is 0.223 e. The van der Waals surface area contributed by atoms with Gasteiger partial charge in [0.05, 0.1) is 0 Å². The van der Waals surface area contributed by atoms with Gasteiger partial charge < -0.3 is 4.90 Å². The summed E-state index contributed by atoms with van der Waals surface area (Å²) in [6, 6.07) is 0. The molecule has 0 bridgehead atoms. The molecule has 0 aliphatic carbocycles. The standard InChI is InChI=1S/C31H52N2O/c1-25(2)11-9-13-28(7)15-16-30(23-29(8)14-10-12-26(3)4)24-31(34)33-21-19-32(20-22-33)18-17-27(5)6/h11-12,15,17,23,30H,9-10,13-14,16,18-22,24H2,1-8H3/b28-15+,29-23+. The molecule has 1 unspecified atom stereocenters. The van der Waals surface area contributed by atoms with E-state index in [1.165, 1.54) is 27.9 Å². The third kappa shape index (κ3) is 14.4. The van der Waals surface area contributed by atoms with E-state index in [9.17, 15) is 4.79 Å². The average Bonchev–Trinajstić information content (AvgIpc) is 2.75. The molecule has 0 spiro atoms. The van der Waals surface area contributed by atoms with Gasteiger partial charge in [-0.05, 0) is 93.4 Å². The van der Waals surface area contributed by atoms with E-state index in [-0.39, 0.29) is 5.92 Å². The van der Waals surface area contributed by atoms with Crippen LogP contribution >= 0.6 is 0 Å². The predicted molar refractivity (Wildman–Crippen MR) is 150 cm³/mol. The van der Waals surface area contributed by atoms with Gasteiger partial charge in [-0.15, -0.1) is 0 Å². The van der Waals surface area contributed by atoms with Crippen LogP contribution in [-0.4, -0.2) is 48.4 Å². The minimum absolute atomic E-state index is 0.279. The Morgan fingerprint density at radius 2 is 1.24 bits per heavy atom. The van der Waals surface area contributed by atoms with Crippen molar-refractivity contribution in [2.45, 2.75) is 93.9 Å². The molecule has 3 nitrogen and oxygen atoms in total. The largest absolute Gasteiger partial charge is 0.340 e. The summed E-state index contributed by atoms with van der Waals surface area (Å²) in [4.78, 5) is 17.7. The maximum absolute atomic E-state index is 13.2. The van der Waals surface area contributed by atoms with E-state index >= 15 is 0 Å². The van der Waals surface area contributed by atoms with Crippen LogP contribution in [0.5, 0.6) is 0 Å². The van der Waals surface area contributed by atoms with E-state index in [0.717, 1.165) is 64.8 Å². The van der Waals surface area contributed by atoms with Crippen LogP contribution in [0.3, 0.4) is 0 Å². The monoisotopic (exact) mass is 468 g/mol. The number of carbonyl (C=O) groups is 1. The van der Waals surface area contributed by atoms with Gasteiger partial charge in [0.25, 0.3) is 0 Å². The molecular formula is C31H52N2O. The van der Waals surface area contributed by atoms with Crippen LogP contribution in [0.15, 0.2) is 58.2 Å². The third-order valence-electron chi connectivity index (χ3n) is 6.39. The summed E-state index contributed by atoms with van der Waals surface area (Å²) in [5.41, 5.74) is 6.94. The van der Waals surface area contributed by atoms with E-state index in [4.69, 9.17) is 0 Å². The zero-order valence-electron chi connectivity index (χ0n) is 23.5. The highest BCUT2D eigenvalue weighted by Gasteiger charge is 2.22. The molecule has 1 amide bonds. The average molecular weight is 469 g/mol. The van der Waals surface area contributed by atoms with Crippen LogP contribution in [0.4, 0.5) is 0 Å². The fraction of sp³-hybridized carbons (Fsp3) is 0.645. The number of piperazine rings is 1. The highest BCUT2D eigenvalue weighted by molar-refractivity contribution is 5.76. The summed E-state index contributed by atoms with van der Waals surface area (Å²) in [6.07, 6.45) is 17.6. The Balaban J connectivity index is 2.75. The fourth-order valence-corrected chi connectivity index (χ4v) is 4.17. The smallest absolute Gasteiger partial charge is 0.223 e. The zero-order chi connectivity index (χ0) is 25.5. The van der Waals surface area contributed by atoms with Crippen molar-refractivity contribution in [3.05, 3.63) is 58.2 Å². The molecule has 34 heavy (non-hydrogen) atoms. The van der Waals surface area contributed by atoms with Gasteiger partial charge in [0.1, 0.15) is 0 Å². The van der Waals surface area contributed by atoms with E-state index < -0.39 is 0 Å². The molecule has 0 radical (unpaired) electrons. The van der Waals surface area contributed by atoms with Gasteiger partial charge >= 0.3 is 0 Å². The third-order valence-corrected chi connectivity index (χ3v) is 6.39. The normalized spacial score (nSPS) is 16.2. The van der Waals surface area contributed by atoms with Gasteiger partial charge in [0.2, 0.25) is 5.91 Å². The highest BCUT2D eigenvalue weighted by atomic mass is 16.2. The predicted octanol–water partition coefficient (Wildman–Crippen LogP) is 7.88. The van der Waals surface area contributed by atoms with Crippen LogP contribution in [-0.2, 0) is 4.79 Å². The van der Waals surface area contributed by atoms with Crippen LogP contribution in [0.2, 0.25) is 0 Å². The first-order valence-corrected chi connectivity index (χ1v) is 13.3. The van der Waals surface area contributed by atoms with Crippen molar-refractivity contribution in [2.75, 3.05) is 32.7 Å². The zero-order valence-corrected chi connectivity index (χ0v) is 23.5. The summed E-state index contributed by atoms with van der Waals surface area (Å²) in [5.74, 6) is 0.595. The highest BCUT2D eigenvalue weighted by Crippen LogP contribution is 2.21. The minimum Gasteiger partial charge on any atom is -0.340 e. The number of hydrogen-bond donors (Lipinski definition) is 0. The molecule has 1 atom stereocenters. The Labute approximate surface area is 211 Å². The summed E-state index contributed by atoms with van der Waals surface area (Å²) < 4.78 is 0. The Morgan fingerprint density at radius 3 is 1.76 bits per heavy atom. The van der Waals surface area contributed by atoms with Crippen LogP contribution < -0.4 is 0 Å². The van der Waals surface area contributed by atoms with E-state index in [2.05, 4.69) is 95.6 Å². The van der Waals surface area contributed by atoms with Gasteiger partial charge in [-0.25, -0.2) is 0 Å². The molecule has 1 saturated heterocycles. The van der Waals surface area contributed by atoms with Crippen molar-refractivity contribution >= 4 is 5.91 Å². The molecule has 1 aliphatic rings. The van der Waals surface area contributed by atoms with Crippen molar-refractivity contribution in [3.63, 3.8) is 0 Å². The molecule has 0 aromatic rings. The molecule has 0 aromatic carbocycles. The summed E-state index contributed by atoms with van der Waals surface area (Å²) in [6.45, 7) is 22.0. The molecule has 3 heteroatoms. The Hall–Kier alpha value is -1.87. The van der Waals surface area contributed by atoms with Gasteiger partial charge in [0.15, 0.2) is 0 Å². The van der Waals surface area contributed by atoms with Crippen LogP contribution in [0, 0.1) is 5.92 Å². The van der Waals surface area contributed by atoms with Gasteiger partial charge in [0, 0.05) is 39.1 Å². The molecular weight excluding hydrogens is 416 g/mol. The van der Waals surface area contributed by atoms with Gasteiger partial charge in [-0.3, -0.25) is 9.69 Å². The quantitative estimate of drug-likeness (QED) is 0.257. The second kappa shape index (κ2) is 16.7. The number of carbonyl (C=O) groups excluding carboxylic acids is 1. The van der Waals surface area contributed by atoms with Crippen LogP contribution in [0.25, 0.3) is 0 Å². The van der Waals surface area contributed by atoms with Crippen LogP contribution in [0.1, 0.15) is 93.9 Å². The molecule has 1 fully saturated rings. The van der Waals surface area contributed by atoms with Crippen molar-refractivity contribution in [1.82, 2.24) is 9.80 Å². The fourth-order valence-electron chi connectivity index (χ4n) is 4.17. The number of allylic oxidation sites excluding steroid dienone is 9. The Kier molecular flexibility index (Phi) is 14.8. The maximum atomic E-state index is 13.2. The lowest BCUT2D eigenvalue weighted by Gasteiger charge is -2.34. The molecule has 0 saturated carbocycles. The van der Waals surface area contributed by atoms with Crippen molar-refractivity contribution < 1.29 is 4.79 Å². The second-order valence-electron chi connectivity index (χ2n) is 10.9.